The van der Waals surface area contributed by atoms with Crippen LogP contribution in [0.25, 0.3) is 11.1 Å². The average Bonchev–Trinajstić information content (AvgIpc) is 3.10. The first-order valence-electron chi connectivity index (χ1n) is 7.69. The van der Waals surface area contributed by atoms with Crippen molar-refractivity contribution in [2.75, 3.05) is 5.32 Å². The molecule has 0 saturated heterocycles. The summed E-state index contributed by atoms with van der Waals surface area (Å²) >= 11 is 0. The fourth-order valence-corrected chi connectivity index (χ4v) is 3.83. The minimum Gasteiger partial charge on any atom is -0.478 e. The van der Waals surface area contributed by atoms with Gasteiger partial charge in [0.1, 0.15) is 5.82 Å². The van der Waals surface area contributed by atoms with Crippen LogP contribution in [0.1, 0.15) is 52.1 Å². The fraction of sp³-hybridized carbons (Fsp3) is 0.222. The summed E-state index contributed by atoms with van der Waals surface area (Å²) in [4.78, 5) is 27.1. The number of carbonyl (C=O) groups excluding carboxylic acids is 1. The lowest BCUT2D eigenvalue weighted by molar-refractivity contribution is -0.110. The van der Waals surface area contributed by atoms with E-state index >= 15 is 0 Å². The van der Waals surface area contributed by atoms with E-state index in [-0.39, 0.29) is 17.4 Å². The van der Waals surface area contributed by atoms with Crippen molar-refractivity contribution in [3.05, 3.63) is 52.1 Å². The van der Waals surface area contributed by atoms with Crippen molar-refractivity contribution in [3.8, 4) is 0 Å². The fourth-order valence-electron chi connectivity index (χ4n) is 3.83. The molecule has 1 aliphatic heterocycles. The SMILES string of the molecule is Cc1[nH]c2c(c1C(=O)O)C(C)C/C2=C1/C(=O)Nc2ccc(F)cc21. The molecule has 0 bridgehead atoms. The molecule has 0 saturated carbocycles. The first-order chi connectivity index (χ1) is 11.4. The number of nitrogens with one attached hydrogen (secondary N) is 2. The van der Waals surface area contributed by atoms with Crippen LogP contribution in [-0.4, -0.2) is 22.0 Å². The first-order valence-corrected chi connectivity index (χ1v) is 7.69. The second kappa shape index (κ2) is 4.80. The maximum Gasteiger partial charge on any atom is 0.337 e. The summed E-state index contributed by atoms with van der Waals surface area (Å²) in [5.74, 6) is -1.70. The van der Waals surface area contributed by atoms with Gasteiger partial charge in [0.15, 0.2) is 0 Å². The molecule has 1 aliphatic carbocycles. The largest absolute Gasteiger partial charge is 0.478 e. The van der Waals surface area contributed by atoms with Gasteiger partial charge >= 0.3 is 5.97 Å². The van der Waals surface area contributed by atoms with Crippen LogP contribution < -0.4 is 5.32 Å². The molecule has 2 heterocycles. The predicted octanol–water partition coefficient (Wildman–Crippen LogP) is 3.53. The molecule has 2 aliphatic rings. The Morgan fingerprint density at radius 3 is 2.83 bits per heavy atom. The normalized spacial score (nSPS) is 21.6. The Labute approximate surface area is 137 Å². The van der Waals surface area contributed by atoms with Gasteiger partial charge in [0, 0.05) is 22.6 Å². The number of fused-ring (bicyclic) bond motifs is 2. The van der Waals surface area contributed by atoms with Crippen molar-refractivity contribution in [2.24, 2.45) is 0 Å². The molecular formula is C18H15FN2O3. The molecule has 1 atom stereocenters. The Morgan fingerprint density at radius 1 is 1.38 bits per heavy atom. The van der Waals surface area contributed by atoms with Gasteiger partial charge in [-0.05, 0) is 48.6 Å². The maximum atomic E-state index is 13.6. The third-order valence-electron chi connectivity index (χ3n) is 4.77. The number of aromatic carboxylic acids is 1. The summed E-state index contributed by atoms with van der Waals surface area (Å²) in [7, 11) is 0. The van der Waals surface area contributed by atoms with Crippen molar-refractivity contribution in [1.29, 1.82) is 0 Å². The number of H-pyrrole nitrogens is 1. The van der Waals surface area contributed by atoms with Crippen LogP contribution in [0.4, 0.5) is 10.1 Å². The van der Waals surface area contributed by atoms with Crippen LogP contribution in [0, 0.1) is 12.7 Å². The molecule has 4 rings (SSSR count). The van der Waals surface area contributed by atoms with E-state index in [4.69, 9.17) is 0 Å². The smallest absolute Gasteiger partial charge is 0.337 e. The summed E-state index contributed by atoms with van der Waals surface area (Å²) in [6, 6.07) is 4.18. The second-order valence-corrected chi connectivity index (χ2v) is 6.32. The van der Waals surface area contributed by atoms with Crippen molar-refractivity contribution in [2.45, 2.75) is 26.2 Å². The summed E-state index contributed by atoms with van der Waals surface area (Å²) in [6.45, 7) is 3.64. The molecule has 1 aromatic heterocycles. The zero-order valence-electron chi connectivity index (χ0n) is 13.2. The number of halogens is 1. The third-order valence-corrected chi connectivity index (χ3v) is 4.77. The minimum absolute atomic E-state index is 0.0241. The van der Waals surface area contributed by atoms with Gasteiger partial charge in [-0.15, -0.1) is 0 Å². The number of carboxylic acids is 1. The van der Waals surface area contributed by atoms with Gasteiger partial charge in [-0.3, -0.25) is 4.79 Å². The highest BCUT2D eigenvalue weighted by molar-refractivity contribution is 6.37. The number of amides is 1. The van der Waals surface area contributed by atoms with Crippen LogP contribution in [-0.2, 0) is 4.79 Å². The molecule has 3 N–H and O–H groups in total. The maximum absolute atomic E-state index is 13.6. The monoisotopic (exact) mass is 326 g/mol. The molecule has 122 valence electrons. The molecule has 1 unspecified atom stereocenters. The van der Waals surface area contributed by atoms with Crippen molar-refractivity contribution in [3.63, 3.8) is 0 Å². The van der Waals surface area contributed by atoms with Crippen LogP contribution >= 0.6 is 0 Å². The van der Waals surface area contributed by atoms with E-state index in [2.05, 4.69) is 10.3 Å². The standard InChI is InChI=1S/C18H15FN2O3/c1-7-5-11(16-13(7)14(18(23)24)8(2)20-16)15-10-6-9(19)3-4-12(10)21-17(15)22/h3-4,6-7,20H,5H2,1-2H3,(H,21,22)(H,23,24)/b15-11-. The van der Waals surface area contributed by atoms with Crippen molar-refractivity contribution in [1.82, 2.24) is 4.98 Å². The Morgan fingerprint density at radius 2 is 2.12 bits per heavy atom. The van der Waals surface area contributed by atoms with Gasteiger partial charge in [0.05, 0.1) is 11.1 Å². The average molecular weight is 326 g/mol. The lowest BCUT2D eigenvalue weighted by atomic mass is 9.97. The van der Waals surface area contributed by atoms with Gasteiger partial charge in [-0.25, -0.2) is 9.18 Å². The van der Waals surface area contributed by atoms with Gasteiger partial charge in [-0.1, -0.05) is 6.92 Å². The number of aryl methyl sites for hydroxylation is 1. The Hall–Kier alpha value is -2.89. The van der Waals surface area contributed by atoms with Crippen LogP contribution in [0.15, 0.2) is 18.2 Å². The summed E-state index contributed by atoms with van der Waals surface area (Å²) in [5, 5.41) is 12.2. The highest BCUT2D eigenvalue weighted by Crippen LogP contribution is 2.48. The highest BCUT2D eigenvalue weighted by atomic mass is 19.1. The number of anilines is 1. The molecule has 0 spiro atoms. The Kier molecular flexibility index (Phi) is 2.94. The van der Waals surface area contributed by atoms with Crippen LogP contribution in [0.2, 0.25) is 0 Å². The van der Waals surface area contributed by atoms with Crippen molar-refractivity contribution >= 4 is 28.7 Å². The molecule has 24 heavy (non-hydrogen) atoms. The van der Waals surface area contributed by atoms with E-state index in [1.165, 1.54) is 18.2 Å². The Balaban J connectivity index is 2.00. The molecule has 1 aromatic carbocycles. The zero-order valence-corrected chi connectivity index (χ0v) is 13.2. The van der Waals surface area contributed by atoms with E-state index in [0.717, 1.165) is 11.1 Å². The molecule has 2 aromatic rings. The van der Waals surface area contributed by atoms with Crippen LogP contribution in [0.3, 0.4) is 0 Å². The number of allylic oxidation sites excluding steroid dienone is 1. The number of aromatic nitrogens is 1. The molecule has 0 radical (unpaired) electrons. The number of aromatic amines is 1. The molecule has 5 nitrogen and oxygen atoms in total. The lowest BCUT2D eigenvalue weighted by Crippen LogP contribution is -2.05. The third kappa shape index (κ3) is 1.86. The van der Waals surface area contributed by atoms with Crippen LogP contribution in [0.5, 0.6) is 0 Å². The van der Waals surface area contributed by atoms with Gasteiger partial charge in [-0.2, -0.15) is 0 Å². The van der Waals surface area contributed by atoms with E-state index < -0.39 is 11.8 Å². The summed E-state index contributed by atoms with van der Waals surface area (Å²) < 4.78 is 13.6. The van der Waals surface area contributed by atoms with E-state index in [1.807, 2.05) is 6.92 Å². The summed E-state index contributed by atoms with van der Waals surface area (Å²) in [6.07, 6.45) is 0.542. The van der Waals surface area contributed by atoms with Gasteiger partial charge in [0.2, 0.25) is 0 Å². The first kappa shape index (κ1) is 14.7. The number of rotatable bonds is 1. The predicted molar refractivity (Wildman–Crippen MR) is 87.4 cm³/mol. The number of hydrogen-bond donors (Lipinski definition) is 3. The second-order valence-electron chi connectivity index (χ2n) is 6.32. The van der Waals surface area contributed by atoms with E-state index in [0.29, 0.717) is 34.6 Å². The Bertz CT molecular complexity index is 955. The molecule has 0 fully saturated rings. The lowest BCUT2D eigenvalue weighted by Gasteiger charge is -2.06. The highest BCUT2D eigenvalue weighted by Gasteiger charge is 2.37. The van der Waals surface area contributed by atoms with Gasteiger partial charge < -0.3 is 15.4 Å². The van der Waals surface area contributed by atoms with E-state index in [9.17, 15) is 19.1 Å². The molecule has 1 amide bonds. The zero-order chi connectivity index (χ0) is 17.2. The van der Waals surface area contributed by atoms with Gasteiger partial charge in [0.25, 0.3) is 5.91 Å². The summed E-state index contributed by atoms with van der Waals surface area (Å²) in [5.41, 5.74) is 4.51. The number of carbonyl (C=O) groups is 2. The minimum atomic E-state index is -0.981. The molecular weight excluding hydrogens is 311 g/mol. The van der Waals surface area contributed by atoms with Crippen molar-refractivity contribution < 1.29 is 19.1 Å². The van der Waals surface area contributed by atoms with E-state index in [1.54, 1.807) is 6.92 Å². The quantitative estimate of drug-likeness (QED) is 0.701. The topological polar surface area (TPSA) is 82.2 Å². The number of benzene rings is 1. The number of hydrogen-bond acceptors (Lipinski definition) is 2. The molecule has 6 heteroatoms. The number of carboxylic acid groups (broad SMARTS) is 1.